The van der Waals surface area contributed by atoms with Gasteiger partial charge in [-0.05, 0) is 92.4 Å². The van der Waals surface area contributed by atoms with Gasteiger partial charge < -0.3 is 4.90 Å². The maximum atomic E-state index is 12.5. The number of benzene rings is 4. The van der Waals surface area contributed by atoms with Gasteiger partial charge in [-0.3, -0.25) is 28.4 Å². The molecule has 0 bridgehead atoms. The van der Waals surface area contributed by atoms with Crippen LogP contribution in [0.3, 0.4) is 0 Å². The molecule has 21 heteroatoms. The zero-order valence-electron chi connectivity index (χ0n) is 35.5. The van der Waals surface area contributed by atoms with Crippen LogP contribution in [0.1, 0.15) is 71.4 Å². The summed E-state index contributed by atoms with van der Waals surface area (Å²) in [5, 5.41) is 0.584. The zero-order valence-corrected chi connectivity index (χ0v) is 38.7. The number of amides is 1. The number of hydrogen-bond donors (Lipinski definition) is 6. The highest BCUT2D eigenvalue weighted by atomic mass is 32.2. The van der Waals surface area contributed by atoms with Crippen LogP contribution in [0, 0.1) is 0 Å². The monoisotopic (exact) mass is 957 g/mol. The van der Waals surface area contributed by atoms with Gasteiger partial charge in [-0.15, -0.1) is 0 Å². The Morgan fingerprint density at radius 2 is 1.20 bits per heavy atom. The second-order valence-electron chi connectivity index (χ2n) is 16.4. The standard InChI is InChI=1S/C43H48N4O13S4/c1-6-46-33-20-18-29-31(23-27(61(49,50)51)25-35(29)63(55,56)57)40(33)42(2,3)37(46)15-11-8-7-9-12-16-38-43(4,5)41-32-24-28(62(52,53)54)26-36(64(58,59)60)30(32)19-21-34(41)47(38)22-14-10-13-17-39(48)45-44/h7-9,11-12,15-16,18-21,23-26H,6,10,13-14,17,22,44H2,1-5H3,(H4-,45,48,49,50,51,52,53,54,55,56,57,58,59,60)/p+1. The molecular weight excluding hydrogens is 909 g/mol. The normalized spacial score (nSPS) is 17.2. The van der Waals surface area contributed by atoms with Crippen LogP contribution in [0.2, 0.25) is 0 Å². The van der Waals surface area contributed by atoms with Gasteiger partial charge in [-0.1, -0.05) is 50.3 Å². The van der Waals surface area contributed by atoms with E-state index in [2.05, 4.69) is 5.43 Å². The van der Waals surface area contributed by atoms with Crippen LogP contribution in [0.25, 0.3) is 21.5 Å². The van der Waals surface area contributed by atoms with E-state index in [-0.39, 0.29) is 33.9 Å². The average molecular weight is 958 g/mol. The molecule has 0 atom stereocenters. The van der Waals surface area contributed by atoms with Crippen molar-refractivity contribution in [3.05, 3.63) is 108 Å². The Bertz CT molecular complexity index is 3240. The van der Waals surface area contributed by atoms with E-state index in [1.807, 2.05) is 56.2 Å². The molecule has 6 rings (SSSR count). The van der Waals surface area contributed by atoms with Gasteiger partial charge >= 0.3 is 0 Å². The molecule has 0 saturated heterocycles. The van der Waals surface area contributed by atoms with E-state index in [0.717, 1.165) is 17.5 Å². The Kier molecular flexibility index (Phi) is 13.1. The summed E-state index contributed by atoms with van der Waals surface area (Å²) in [6, 6.07) is 10.2. The highest BCUT2D eigenvalue weighted by Gasteiger charge is 2.46. The third-order valence-electron chi connectivity index (χ3n) is 11.7. The number of nitrogens with two attached hydrogens (primary N) is 1. The summed E-state index contributed by atoms with van der Waals surface area (Å²) in [4.78, 5) is 11.0. The van der Waals surface area contributed by atoms with E-state index in [1.54, 1.807) is 42.5 Å². The maximum absolute atomic E-state index is 12.5. The predicted molar refractivity (Wildman–Crippen MR) is 242 cm³/mol. The number of carbonyl (C=O) groups excluding carboxylic acids is 1. The fourth-order valence-electron chi connectivity index (χ4n) is 8.87. The first-order valence-electron chi connectivity index (χ1n) is 19.9. The second-order valence-corrected chi connectivity index (χ2v) is 22.1. The van der Waals surface area contributed by atoms with Crippen LogP contribution < -0.4 is 16.2 Å². The van der Waals surface area contributed by atoms with Gasteiger partial charge in [0.1, 0.15) is 16.3 Å². The number of anilines is 1. The van der Waals surface area contributed by atoms with Crippen LogP contribution in [0.4, 0.5) is 11.4 Å². The Morgan fingerprint density at radius 3 is 1.73 bits per heavy atom. The molecule has 17 nitrogen and oxygen atoms in total. The Labute approximate surface area is 372 Å². The van der Waals surface area contributed by atoms with Crippen molar-refractivity contribution in [2.24, 2.45) is 5.84 Å². The first-order valence-corrected chi connectivity index (χ1v) is 25.7. The van der Waals surface area contributed by atoms with Crippen LogP contribution in [0.5, 0.6) is 0 Å². The first-order chi connectivity index (χ1) is 29.6. The Hall–Kier alpha value is -5.10. The summed E-state index contributed by atoms with van der Waals surface area (Å²) in [5.41, 5.74) is 4.47. The van der Waals surface area contributed by atoms with Crippen molar-refractivity contribution < 1.29 is 61.3 Å². The minimum atomic E-state index is -4.93. The van der Waals surface area contributed by atoms with E-state index >= 15 is 0 Å². The van der Waals surface area contributed by atoms with Gasteiger partial charge in [0, 0.05) is 64.7 Å². The Morgan fingerprint density at radius 1 is 0.672 bits per heavy atom. The minimum Gasteiger partial charge on any atom is -0.344 e. The third-order valence-corrected chi connectivity index (χ3v) is 15.1. The largest absolute Gasteiger partial charge is 0.344 e. The minimum absolute atomic E-state index is 0.0629. The molecule has 0 saturated carbocycles. The number of likely N-dealkylation sites (N-methyl/N-ethyl adjacent to an activating group) is 1. The summed E-state index contributed by atoms with van der Waals surface area (Å²) >= 11 is 0. The number of hydrogen-bond acceptors (Lipinski definition) is 11. The predicted octanol–water partition coefficient (Wildman–Crippen LogP) is 6.28. The smallest absolute Gasteiger partial charge is 0.295 e. The van der Waals surface area contributed by atoms with Gasteiger partial charge in [-0.2, -0.15) is 38.2 Å². The summed E-state index contributed by atoms with van der Waals surface area (Å²) in [7, 11) is -19.6. The SMILES string of the molecule is CCN1\C(=C/C=C/C=C/C=C/C2=[N+](CCCCCC(=O)NN)c3ccc4c(S(=O)(=O)O)cc(S(=O)(=O)O)cc4c3C2(C)C)C(C)(C)c2c1ccc1c(S(=O)(=O)O)cc(S(=O)(=O)O)cc21. The second kappa shape index (κ2) is 17.4. The molecule has 0 fully saturated rings. The Balaban J connectivity index is 1.36. The molecule has 0 radical (unpaired) electrons. The number of nitrogens with one attached hydrogen (secondary N) is 1. The number of hydrazine groups is 1. The molecule has 4 aromatic rings. The molecule has 64 heavy (non-hydrogen) atoms. The first kappa shape index (κ1) is 48.4. The van der Waals surface area contributed by atoms with Gasteiger partial charge in [0.15, 0.2) is 5.71 Å². The number of fused-ring (bicyclic) bond motifs is 6. The van der Waals surface area contributed by atoms with Crippen molar-refractivity contribution in [3.63, 3.8) is 0 Å². The molecule has 0 aliphatic carbocycles. The van der Waals surface area contributed by atoms with Crippen molar-refractivity contribution >= 4 is 85.0 Å². The zero-order chi connectivity index (χ0) is 47.4. The highest BCUT2D eigenvalue weighted by Crippen LogP contribution is 2.52. The summed E-state index contributed by atoms with van der Waals surface area (Å²) in [5.74, 6) is 4.93. The summed E-state index contributed by atoms with van der Waals surface area (Å²) < 4.78 is 141. The van der Waals surface area contributed by atoms with Gasteiger partial charge in [-0.25, -0.2) is 5.84 Å². The number of unbranched alkanes of at least 4 members (excludes halogenated alkanes) is 2. The molecule has 0 spiro atoms. The summed E-state index contributed by atoms with van der Waals surface area (Å²) in [6.45, 7) is 10.4. The van der Waals surface area contributed by atoms with Crippen LogP contribution >= 0.6 is 0 Å². The topological polar surface area (TPSA) is 279 Å². The third kappa shape index (κ3) is 9.22. The number of carbonyl (C=O) groups is 1. The molecule has 4 aromatic carbocycles. The molecule has 7 N–H and O–H groups in total. The fourth-order valence-corrected chi connectivity index (χ4v) is 11.6. The quantitative estimate of drug-likeness (QED) is 0.0146. The van der Waals surface area contributed by atoms with Crippen molar-refractivity contribution in [3.8, 4) is 0 Å². The summed E-state index contributed by atoms with van der Waals surface area (Å²) in [6.07, 6.45) is 14.8. The van der Waals surface area contributed by atoms with E-state index in [1.165, 1.54) is 24.3 Å². The lowest BCUT2D eigenvalue weighted by Crippen LogP contribution is -2.29. The van der Waals surface area contributed by atoms with Gasteiger partial charge in [0.2, 0.25) is 11.6 Å². The van der Waals surface area contributed by atoms with Crippen molar-refractivity contribution in [2.45, 2.75) is 90.7 Å². The van der Waals surface area contributed by atoms with E-state index in [9.17, 15) is 56.7 Å². The molecule has 2 aliphatic heterocycles. The molecular formula is C43H49N4O13S4+. The highest BCUT2D eigenvalue weighted by molar-refractivity contribution is 7.87. The van der Waals surface area contributed by atoms with Crippen molar-refractivity contribution in [1.29, 1.82) is 0 Å². The molecule has 342 valence electrons. The molecule has 2 heterocycles. The van der Waals surface area contributed by atoms with Gasteiger partial charge in [0.25, 0.3) is 40.5 Å². The van der Waals surface area contributed by atoms with Crippen LogP contribution in [-0.4, -0.2) is 81.2 Å². The van der Waals surface area contributed by atoms with Crippen LogP contribution in [-0.2, 0) is 56.1 Å². The average Bonchev–Trinajstić information content (AvgIpc) is 3.55. The number of nitrogens with zero attached hydrogens (tertiary/aromatic N) is 2. The lowest BCUT2D eigenvalue weighted by molar-refractivity contribution is -0.438. The lowest BCUT2D eigenvalue weighted by atomic mass is 9.79. The van der Waals surface area contributed by atoms with Gasteiger partial charge in [0.05, 0.1) is 15.2 Å². The lowest BCUT2D eigenvalue weighted by Gasteiger charge is -2.26. The van der Waals surface area contributed by atoms with E-state index < -0.39 is 70.9 Å². The molecule has 0 unspecified atom stereocenters. The van der Waals surface area contributed by atoms with Crippen molar-refractivity contribution in [2.75, 3.05) is 18.0 Å². The fraction of sp³-hybridized carbons (Fsp3) is 0.302. The van der Waals surface area contributed by atoms with Crippen LogP contribution in [0.15, 0.2) is 116 Å². The molecule has 2 aliphatic rings. The van der Waals surface area contributed by atoms with E-state index in [4.69, 9.17) is 5.84 Å². The number of allylic oxidation sites excluding steroid dienone is 8. The maximum Gasteiger partial charge on any atom is 0.295 e. The van der Waals surface area contributed by atoms with Crippen molar-refractivity contribution in [1.82, 2.24) is 5.43 Å². The number of rotatable bonds is 15. The van der Waals surface area contributed by atoms with E-state index in [0.29, 0.717) is 60.9 Å². The molecule has 0 aromatic heterocycles. The molecule has 1 amide bonds.